The lowest BCUT2D eigenvalue weighted by Gasteiger charge is -2.13. The van der Waals surface area contributed by atoms with Crippen LogP contribution in [0.5, 0.6) is 5.75 Å². The molecular formula is C17H16Cl2N4O. The van der Waals surface area contributed by atoms with Crippen LogP contribution in [-0.2, 0) is 0 Å². The number of phenolic OH excluding ortho intramolecular Hbond substituents is 1. The van der Waals surface area contributed by atoms with Crippen molar-refractivity contribution in [3.8, 4) is 17.1 Å². The van der Waals surface area contributed by atoms with E-state index in [1.54, 1.807) is 6.07 Å². The van der Waals surface area contributed by atoms with Crippen molar-refractivity contribution >= 4 is 39.9 Å². The number of halogens is 2. The first kappa shape index (κ1) is 16.8. The highest BCUT2D eigenvalue weighted by atomic mass is 35.5. The number of fused-ring (bicyclic) bond motifs is 1. The Morgan fingerprint density at radius 2 is 1.96 bits per heavy atom. The summed E-state index contributed by atoms with van der Waals surface area (Å²) in [4.78, 5) is 9.05. The van der Waals surface area contributed by atoms with Gasteiger partial charge < -0.3 is 16.2 Å². The van der Waals surface area contributed by atoms with Crippen molar-refractivity contribution in [3.05, 3.63) is 46.4 Å². The van der Waals surface area contributed by atoms with Crippen molar-refractivity contribution in [3.63, 3.8) is 0 Å². The summed E-state index contributed by atoms with van der Waals surface area (Å²) in [5, 5.41) is 14.9. The van der Waals surface area contributed by atoms with Gasteiger partial charge in [0.1, 0.15) is 11.6 Å². The first-order valence-electron chi connectivity index (χ1n) is 7.40. The van der Waals surface area contributed by atoms with Gasteiger partial charge in [0, 0.05) is 23.0 Å². The number of phenols is 1. The monoisotopic (exact) mass is 362 g/mol. The molecule has 3 aromatic rings. The van der Waals surface area contributed by atoms with Crippen molar-refractivity contribution in [2.45, 2.75) is 13.0 Å². The van der Waals surface area contributed by atoms with Gasteiger partial charge in [-0.3, -0.25) is 0 Å². The van der Waals surface area contributed by atoms with Gasteiger partial charge in [0.2, 0.25) is 0 Å². The number of hydrogen-bond acceptors (Lipinski definition) is 5. The molecule has 7 heteroatoms. The fourth-order valence-electron chi connectivity index (χ4n) is 2.33. The van der Waals surface area contributed by atoms with Crippen molar-refractivity contribution < 1.29 is 5.11 Å². The molecule has 0 aliphatic carbocycles. The second-order valence-electron chi connectivity index (χ2n) is 5.55. The number of para-hydroxylation sites is 1. The minimum atomic E-state index is -0.102. The Bertz CT molecular complexity index is 899. The largest absolute Gasteiger partial charge is 0.506 e. The maximum absolute atomic E-state index is 10.2. The molecule has 0 amide bonds. The molecule has 0 bridgehead atoms. The van der Waals surface area contributed by atoms with Crippen LogP contribution < -0.4 is 11.1 Å². The van der Waals surface area contributed by atoms with Gasteiger partial charge in [0.25, 0.3) is 0 Å². The molecule has 124 valence electrons. The van der Waals surface area contributed by atoms with E-state index in [1.807, 2.05) is 31.2 Å². The lowest BCUT2D eigenvalue weighted by Crippen LogP contribution is -2.25. The lowest BCUT2D eigenvalue weighted by atomic mass is 10.1. The summed E-state index contributed by atoms with van der Waals surface area (Å²) >= 11 is 12.1. The number of anilines is 1. The average molecular weight is 363 g/mol. The summed E-state index contributed by atoms with van der Waals surface area (Å²) in [6.45, 7) is 2.46. The van der Waals surface area contributed by atoms with Crippen molar-refractivity contribution in [2.24, 2.45) is 5.73 Å². The highest BCUT2D eigenvalue weighted by Crippen LogP contribution is 2.37. The number of aromatic nitrogens is 2. The summed E-state index contributed by atoms with van der Waals surface area (Å²) in [7, 11) is 0. The number of aromatic hydroxyl groups is 1. The van der Waals surface area contributed by atoms with Crippen LogP contribution in [0.3, 0.4) is 0 Å². The van der Waals surface area contributed by atoms with Crippen LogP contribution in [0.25, 0.3) is 22.3 Å². The number of benzene rings is 2. The SMILES string of the molecule is CC(N)CNc1nc(-c2cc(Cl)cc(Cl)c2O)nc2ccccc12. The maximum atomic E-state index is 10.2. The first-order chi connectivity index (χ1) is 11.5. The standard InChI is InChI=1S/C17H16Cl2N4O/c1-9(20)8-21-16-11-4-2-3-5-14(11)22-17(23-16)12-6-10(18)7-13(19)15(12)24/h2-7,9,24H,8,20H2,1H3,(H,21,22,23). The summed E-state index contributed by atoms with van der Waals surface area (Å²) in [5.74, 6) is 0.876. The van der Waals surface area contributed by atoms with Crippen LogP contribution in [0.4, 0.5) is 5.82 Å². The summed E-state index contributed by atoms with van der Waals surface area (Å²) in [6.07, 6.45) is 0. The quantitative estimate of drug-likeness (QED) is 0.651. The second-order valence-corrected chi connectivity index (χ2v) is 6.40. The fraction of sp³-hybridized carbons (Fsp3) is 0.176. The Morgan fingerprint density at radius 1 is 1.21 bits per heavy atom. The summed E-state index contributed by atoms with van der Waals surface area (Å²) in [6, 6.07) is 10.6. The third kappa shape index (κ3) is 3.38. The highest BCUT2D eigenvalue weighted by Gasteiger charge is 2.15. The molecule has 1 heterocycles. The number of nitrogens with one attached hydrogen (secondary N) is 1. The molecule has 0 aliphatic heterocycles. The van der Waals surface area contributed by atoms with E-state index in [-0.39, 0.29) is 16.8 Å². The fourth-order valence-corrected chi connectivity index (χ4v) is 2.82. The van der Waals surface area contributed by atoms with E-state index in [0.29, 0.717) is 28.8 Å². The number of rotatable bonds is 4. The van der Waals surface area contributed by atoms with Crippen molar-refractivity contribution in [1.82, 2.24) is 9.97 Å². The van der Waals surface area contributed by atoms with Crippen molar-refractivity contribution in [1.29, 1.82) is 0 Å². The van der Waals surface area contributed by atoms with Gasteiger partial charge in [-0.2, -0.15) is 0 Å². The van der Waals surface area contributed by atoms with Crippen LogP contribution in [0, 0.1) is 0 Å². The third-order valence-electron chi connectivity index (χ3n) is 3.46. The van der Waals surface area contributed by atoms with Gasteiger partial charge >= 0.3 is 0 Å². The van der Waals surface area contributed by atoms with E-state index in [0.717, 1.165) is 10.9 Å². The first-order valence-corrected chi connectivity index (χ1v) is 8.16. The number of nitrogens with two attached hydrogens (primary N) is 1. The molecule has 0 spiro atoms. The van der Waals surface area contributed by atoms with Gasteiger partial charge in [-0.15, -0.1) is 0 Å². The Balaban J connectivity index is 2.19. The Labute approximate surface area is 149 Å². The van der Waals surface area contributed by atoms with E-state index >= 15 is 0 Å². The number of hydrogen-bond donors (Lipinski definition) is 3. The molecular weight excluding hydrogens is 347 g/mol. The van der Waals surface area contributed by atoms with Crippen LogP contribution >= 0.6 is 23.2 Å². The molecule has 3 rings (SSSR count). The van der Waals surface area contributed by atoms with E-state index < -0.39 is 0 Å². The normalized spacial score (nSPS) is 12.3. The minimum Gasteiger partial charge on any atom is -0.506 e. The molecule has 0 saturated carbocycles. The zero-order valence-electron chi connectivity index (χ0n) is 12.9. The minimum absolute atomic E-state index is 0.0313. The molecule has 0 fully saturated rings. The van der Waals surface area contributed by atoms with Crippen LogP contribution in [0.15, 0.2) is 36.4 Å². The van der Waals surface area contributed by atoms with Gasteiger partial charge in [-0.05, 0) is 31.2 Å². The molecule has 5 nitrogen and oxygen atoms in total. The third-order valence-corrected chi connectivity index (χ3v) is 3.97. The molecule has 0 aliphatic rings. The van der Waals surface area contributed by atoms with E-state index in [9.17, 15) is 5.11 Å². The van der Waals surface area contributed by atoms with Gasteiger partial charge in [-0.1, -0.05) is 35.3 Å². The highest BCUT2D eigenvalue weighted by molar-refractivity contribution is 6.36. The predicted octanol–water partition coefficient (Wildman–Crippen LogP) is 4.07. The van der Waals surface area contributed by atoms with Gasteiger partial charge in [-0.25, -0.2) is 9.97 Å². The Hall–Kier alpha value is -2.08. The smallest absolute Gasteiger partial charge is 0.165 e. The van der Waals surface area contributed by atoms with Gasteiger partial charge in [0.05, 0.1) is 16.1 Å². The molecule has 4 N–H and O–H groups in total. The van der Waals surface area contributed by atoms with E-state index in [2.05, 4.69) is 15.3 Å². The Morgan fingerprint density at radius 3 is 2.71 bits per heavy atom. The molecule has 1 aromatic heterocycles. The molecule has 24 heavy (non-hydrogen) atoms. The second kappa shape index (κ2) is 6.81. The average Bonchev–Trinajstić information content (AvgIpc) is 2.55. The zero-order valence-corrected chi connectivity index (χ0v) is 14.4. The molecule has 0 radical (unpaired) electrons. The van der Waals surface area contributed by atoms with Crippen LogP contribution in [0.2, 0.25) is 10.0 Å². The van der Waals surface area contributed by atoms with Gasteiger partial charge in [0.15, 0.2) is 5.82 Å². The van der Waals surface area contributed by atoms with Crippen molar-refractivity contribution in [2.75, 3.05) is 11.9 Å². The zero-order chi connectivity index (χ0) is 17.3. The number of nitrogens with zero attached hydrogens (tertiary/aromatic N) is 2. The topological polar surface area (TPSA) is 84.1 Å². The summed E-state index contributed by atoms with van der Waals surface area (Å²) < 4.78 is 0. The maximum Gasteiger partial charge on any atom is 0.165 e. The van der Waals surface area contributed by atoms with Crippen LogP contribution in [0.1, 0.15) is 6.92 Å². The molecule has 1 atom stereocenters. The molecule has 2 aromatic carbocycles. The summed E-state index contributed by atoms with van der Waals surface area (Å²) in [5.41, 5.74) is 6.93. The molecule has 1 unspecified atom stereocenters. The van der Waals surface area contributed by atoms with E-state index in [1.165, 1.54) is 6.07 Å². The van der Waals surface area contributed by atoms with E-state index in [4.69, 9.17) is 28.9 Å². The lowest BCUT2D eigenvalue weighted by molar-refractivity contribution is 0.477. The van der Waals surface area contributed by atoms with Crippen LogP contribution in [-0.4, -0.2) is 27.7 Å². The predicted molar refractivity (Wildman–Crippen MR) is 98.8 cm³/mol. The Kier molecular flexibility index (Phi) is 4.76. The molecule has 0 saturated heterocycles.